The zero-order valence-electron chi connectivity index (χ0n) is 16.7. The molecule has 3 rings (SSSR count). The quantitative estimate of drug-likeness (QED) is 0.447. The van der Waals surface area contributed by atoms with Crippen LogP contribution in [0.1, 0.15) is 25.3 Å². The third-order valence-corrected chi connectivity index (χ3v) is 4.90. The molecule has 30 heavy (non-hydrogen) atoms. The van der Waals surface area contributed by atoms with Crippen molar-refractivity contribution in [3.8, 4) is 5.75 Å². The summed E-state index contributed by atoms with van der Waals surface area (Å²) in [6.45, 7) is 0.713. The first kappa shape index (κ1) is 23.0. The van der Waals surface area contributed by atoms with Crippen LogP contribution < -0.4 is 4.74 Å². The number of allylic oxidation sites excluding steroid dienone is 1. The Kier molecular flexibility index (Phi) is 8.50. The molecule has 0 saturated carbocycles. The van der Waals surface area contributed by atoms with Crippen LogP contribution >= 0.6 is 0 Å². The molecule has 9 heteroatoms. The van der Waals surface area contributed by atoms with Crippen molar-refractivity contribution in [3.63, 3.8) is 0 Å². The van der Waals surface area contributed by atoms with E-state index < -0.39 is 30.3 Å². The number of hydrogen-bond acceptors (Lipinski definition) is 5. The predicted octanol–water partition coefficient (Wildman–Crippen LogP) is 4.44. The number of hydrogen-bond donors (Lipinski definition) is 0. The molecule has 0 N–H and O–H groups in total. The Bertz CT molecular complexity index is 676. The Morgan fingerprint density at radius 3 is 2.23 bits per heavy atom. The lowest BCUT2D eigenvalue weighted by Crippen LogP contribution is -2.44. The van der Waals surface area contributed by atoms with E-state index in [4.69, 9.17) is 18.9 Å². The summed E-state index contributed by atoms with van der Waals surface area (Å²) in [5.74, 6) is -3.23. The van der Waals surface area contributed by atoms with Crippen LogP contribution in [-0.2, 0) is 25.4 Å². The lowest BCUT2D eigenvalue weighted by Gasteiger charge is -2.37. The molecule has 0 unspecified atom stereocenters. The fourth-order valence-electron chi connectivity index (χ4n) is 3.37. The van der Waals surface area contributed by atoms with Gasteiger partial charge >= 0.3 is 6.61 Å². The number of ether oxygens (including phenoxy) is 5. The van der Waals surface area contributed by atoms with Gasteiger partial charge in [-0.25, -0.2) is 8.78 Å². The Labute approximate surface area is 172 Å². The number of benzene rings is 1. The van der Waals surface area contributed by atoms with E-state index in [1.165, 1.54) is 0 Å². The SMILES string of the molecule is CC/C=C/[C@H]1CO[C@H]([C@H]2CO[C@H](CCc3cc(F)c(OC(F)F)c(F)c3)OC2)OC1. The smallest absolute Gasteiger partial charge is 0.387 e. The lowest BCUT2D eigenvalue weighted by atomic mass is 10.1. The number of alkyl halides is 2. The first-order chi connectivity index (χ1) is 14.5. The minimum Gasteiger partial charge on any atom is -0.429 e. The van der Waals surface area contributed by atoms with Gasteiger partial charge in [-0.3, -0.25) is 0 Å². The van der Waals surface area contributed by atoms with Gasteiger partial charge < -0.3 is 23.7 Å². The monoisotopic (exact) mass is 434 g/mol. The zero-order valence-corrected chi connectivity index (χ0v) is 16.7. The molecular formula is C21H26F4O5. The summed E-state index contributed by atoms with van der Waals surface area (Å²) in [6, 6.07) is 1.94. The second-order valence-corrected chi connectivity index (χ2v) is 7.29. The first-order valence-corrected chi connectivity index (χ1v) is 10.0. The topological polar surface area (TPSA) is 46.2 Å². The van der Waals surface area contributed by atoms with Crippen LogP contribution in [0, 0.1) is 23.5 Å². The van der Waals surface area contributed by atoms with Crippen LogP contribution in [0.5, 0.6) is 5.75 Å². The normalized spacial score (nSPS) is 27.7. The maximum atomic E-state index is 13.8. The second kappa shape index (κ2) is 11.1. The number of rotatable bonds is 8. The summed E-state index contributed by atoms with van der Waals surface area (Å²) in [6.07, 6.45) is 4.84. The third kappa shape index (κ3) is 6.41. The molecule has 168 valence electrons. The van der Waals surface area contributed by atoms with E-state index in [1.807, 2.05) is 0 Å². The van der Waals surface area contributed by atoms with E-state index in [0.717, 1.165) is 18.6 Å². The highest BCUT2D eigenvalue weighted by Crippen LogP contribution is 2.27. The summed E-state index contributed by atoms with van der Waals surface area (Å²) >= 11 is 0. The highest BCUT2D eigenvalue weighted by Gasteiger charge is 2.33. The highest BCUT2D eigenvalue weighted by molar-refractivity contribution is 5.31. The van der Waals surface area contributed by atoms with Crippen molar-refractivity contribution >= 4 is 0 Å². The second-order valence-electron chi connectivity index (χ2n) is 7.29. The maximum absolute atomic E-state index is 13.8. The molecule has 0 atom stereocenters. The molecule has 2 fully saturated rings. The average molecular weight is 434 g/mol. The van der Waals surface area contributed by atoms with E-state index in [2.05, 4.69) is 23.8 Å². The third-order valence-electron chi connectivity index (χ3n) is 4.90. The van der Waals surface area contributed by atoms with Crippen LogP contribution in [0.3, 0.4) is 0 Å². The molecule has 1 aromatic carbocycles. The van der Waals surface area contributed by atoms with Gasteiger partial charge in [-0.05, 0) is 30.5 Å². The molecule has 5 nitrogen and oxygen atoms in total. The lowest BCUT2D eigenvalue weighted by molar-refractivity contribution is -0.278. The van der Waals surface area contributed by atoms with Gasteiger partial charge in [0.05, 0.1) is 32.3 Å². The van der Waals surface area contributed by atoms with E-state index in [1.54, 1.807) is 0 Å². The molecule has 2 aliphatic heterocycles. The van der Waals surface area contributed by atoms with Gasteiger partial charge in [0.2, 0.25) is 0 Å². The van der Waals surface area contributed by atoms with Gasteiger partial charge in [0.15, 0.2) is 30.0 Å². The van der Waals surface area contributed by atoms with E-state index in [0.29, 0.717) is 38.4 Å². The van der Waals surface area contributed by atoms with Crippen molar-refractivity contribution < 1.29 is 41.2 Å². The van der Waals surface area contributed by atoms with Gasteiger partial charge in [-0.15, -0.1) is 0 Å². The van der Waals surface area contributed by atoms with Crippen molar-refractivity contribution in [2.45, 2.75) is 45.4 Å². The van der Waals surface area contributed by atoms with Crippen LogP contribution in [0.25, 0.3) is 0 Å². The molecule has 0 aromatic heterocycles. The van der Waals surface area contributed by atoms with E-state index >= 15 is 0 Å². The molecule has 2 saturated heterocycles. The van der Waals surface area contributed by atoms with Crippen molar-refractivity contribution in [3.05, 3.63) is 41.5 Å². The molecular weight excluding hydrogens is 408 g/mol. The maximum Gasteiger partial charge on any atom is 0.387 e. The molecule has 2 aliphatic rings. The first-order valence-electron chi connectivity index (χ1n) is 10.0. The summed E-state index contributed by atoms with van der Waals surface area (Å²) in [7, 11) is 0. The molecule has 0 aliphatic carbocycles. The van der Waals surface area contributed by atoms with Crippen molar-refractivity contribution in [1.29, 1.82) is 0 Å². The minimum absolute atomic E-state index is 0.0574. The van der Waals surface area contributed by atoms with Gasteiger partial charge in [0, 0.05) is 12.3 Å². The summed E-state index contributed by atoms with van der Waals surface area (Å²) in [5.41, 5.74) is 0.297. The predicted molar refractivity (Wildman–Crippen MR) is 99.1 cm³/mol. The zero-order chi connectivity index (χ0) is 21.5. The average Bonchev–Trinajstić information content (AvgIpc) is 2.74. The van der Waals surface area contributed by atoms with Crippen LogP contribution in [0.4, 0.5) is 17.6 Å². The standard InChI is InChI=1S/C21H26F4O5/c1-2-3-4-14-9-28-20(29-10-14)15-11-26-18(27-12-15)6-5-13-7-16(22)19(17(23)8-13)30-21(24)25/h3-4,7-8,14-15,18,20-21H,2,5-6,9-12H2,1H3/b4-3+/t14-,15-,18-,20-. The Morgan fingerprint density at radius 2 is 1.67 bits per heavy atom. The fraction of sp³-hybridized carbons (Fsp3) is 0.619. The Balaban J connectivity index is 1.42. The van der Waals surface area contributed by atoms with Gasteiger partial charge in [0.1, 0.15) is 0 Å². The molecule has 0 bridgehead atoms. The van der Waals surface area contributed by atoms with Crippen molar-refractivity contribution in [2.75, 3.05) is 26.4 Å². The Morgan fingerprint density at radius 1 is 1.03 bits per heavy atom. The molecule has 0 spiro atoms. The van der Waals surface area contributed by atoms with Crippen molar-refractivity contribution in [2.24, 2.45) is 11.8 Å². The molecule has 2 heterocycles. The van der Waals surface area contributed by atoms with Crippen LogP contribution in [-0.4, -0.2) is 45.6 Å². The van der Waals surface area contributed by atoms with E-state index in [9.17, 15) is 17.6 Å². The fourth-order valence-corrected chi connectivity index (χ4v) is 3.37. The summed E-state index contributed by atoms with van der Waals surface area (Å²) < 4.78 is 78.8. The van der Waals surface area contributed by atoms with Crippen LogP contribution in [0.2, 0.25) is 0 Å². The summed E-state index contributed by atoms with van der Waals surface area (Å²) in [4.78, 5) is 0. The highest BCUT2D eigenvalue weighted by atomic mass is 19.3. The van der Waals surface area contributed by atoms with Crippen LogP contribution in [0.15, 0.2) is 24.3 Å². The summed E-state index contributed by atoms with van der Waals surface area (Å²) in [5, 5.41) is 0. The molecule has 0 radical (unpaired) electrons. The van der Waals surface area contributed by atoms with Crippen molar-refractivity contribution in [1.82, 2.24) is 0 Å². The Hall–Kier alpha value is -1.68. The number of aryl methyl sites for hydroxylation is 1. The largest absolute Gasteiger partial charge is 0.429 e. The minimum atomic E-state index is -3.30. The van der Waals surface area contributed by atoms with Gasteiger partial charge in [-0.1, -0.05) is 19.1 Å². The number of halogens is 4. The van der Waals surface area contributed by atoms with E-state index in [-0.39, 0.29) is 24.5 Å². The molecule has 0 amide bonds. The van der Waals surface area contributed by atoms with Gasteiger partial charge in [0.25, 0.3) is 0 Å². The van der Waals surface area contributed by atoms with Gasteiger partial charge in [-0.2, -0.15) is 8.78 Å². The molecule has 1 aromatic rings.